The fourth-order valence-corrected chi connectivity index (χ4v) is 3.68. The van der Waals surface area contributed by atoms with E-state index in [1.807, 2.05) is 0 Å². The lowest BCUT2D eigenvalue weighted by Gasteiger charge is -2.30. The number of pyridine rings is 1. The Morgan fingerprint density at radius 2 is 1.72 bits per heavy atom. The van der Waals surface area contributed by atoms with Crippen molar-refractivity contribution in [1.29, 1.82) is 0 Å². The number of fused-ring (bicyclic) bond motifs is 6. The molecule has 1 saturated carbocycles. The topological polar surface area (TPSA) is 47.0 Å². The molecule has 3 aliphatic rings. The fourth-order valence-electron chi connectivity index (χ4n) is 3.68. The van der Waals surface area contributed by atoms with Crippen molar-refractivity contribution in [3.63, 3.8) is 0 Å². The van der Waals surface area contributed by atoms with Crippen molar-refractivity contribution < 1.29 is 9.59 Å². The molecule has 1 fully saturated rings. The van der Waals surface area contributed by atoms with Gasteiger partial charge in [-0.25, -0.2) is 0 Å². The van der Waals surface area contributed by atoms with Gasteiger partial charge in [0.1, 0.15) is 5.69 Å². The lowest BCUT2D eigenvalue weighted by atomic mass is 9.71. The minimum Gasteiger partial charge on any atom is -0.294 e. The third-order valence-corrected chi connectivity index (χ3v) is 4.37. The fraction of sp³-hybridized carbons (Fsp3) is 0.357. The highest BCUT2D eigenvalue weighted by atomic mass is 35.5. The maximum absolute atomic E-state index is 12.4. The minimum atomic E-state index is -0.139. The molecule has 1 aromatic heterocycles. The average molecular weight is 262 g/mol. The quantitative estimate of drug-likeness (QED) is 0.674. The largest absolute Gasteiger partial charge is 0.294 e. The molecule has 4 rings (SSSR count). The zero-order valence-electron chi connectivity index (χ0n) is 9.58. The van der Waals surface area contributed by atoms with E-state index in [9.17, 15) is 9.59 Å². The summed E-state index contributed by atoms with van der Waals surface area (Å²) in [4.78, 5) is 28.9. The highest BCUT2D eigenvalue weighted by molar-refractivity contribution is 6.15. The number of aromatic nitrogens is 1. The van der Waals surface area contributed by atoms with Gasteiger partial charge < -0.3 is 0 Å². The molecule has 0 radical (unpaired) electrons. The molecule has 3 nitrogen and oxygen atoms in total. The summed E-state index contributed by atoms with van der Waals surface area (Å²) in [5.41, 5.74) is 0.916. The molecule has 0 N–H and O–H groups in total. The van der Waals surface area contributed by atoms with Crippen molar-refractivity contribution in [2.45, 2.75) is 6.42 Å². The minimum absolute atomic E-state index is 0. The molecule has 2 bridgehead atoms. The predicted molar refractivity (Wildman–Crippen MR) is 67.9 cm³/mol. The van der Waals surface area contributed by atoms with Crippen molar-refractivity contribution in [2.75, 3.05) is 0 Å². The Bertz CT molecular complexity index is 532. The number of halogens is 1. The Hall–Kier alpha value is -1.48. The van der Waals surface area contributed by atoms with Gasteiger partial charge in [0.15, 0.2) is 11.6 Å². The van der Waals surface area contributed by atoms with Crippen LogP contribution < -0.4 is 0 Å². The van der Waals surface area contributed by atoms with Crippen molar-refractivity contribution in [3.05, 3.63) is 41.7 Å². The summed E-state index contributed by atoms with van der Waals surface area (Å²) in [5.74, 6) is 0.470. The average Bonchev–Trinajstić information content (AvgIpc) is 2.96. The Labute approximate surface area is 111 Å². The summed E-state index contributed by atoms with van der Waals surface area (Å²) < 4.78 is 0. The summed E-state index contributed by atoms with van der Waals surface area (Å²) in [6.07, 6.45) is 6.76. The number of hydrogen-bond donors (Lipinski definition) is 0. The molecule has 0 aliphatic heterocycles. The molecule has 1 aromatic rings. The van der Waals surface area contributed by atoms with Gasteiger partial charge in [-0.05, 0) is 30.4 Å². The van der Waals surface area contributed by atoms with Crippen molar-refractivity contribution in [1.82, 2.24) is 4.98 Å². The van der Waals surface area contributed by atoms with E-state index >= 15 is 0 Å². The van der Waals surface area contributed by atoms with Gasteiger partial charge in [-0.15, -0.1) is 12.4 Å². The molecule has 92 valence electrons. The number of allylic oxidation sites excluding steroid dienone is 2. The zero-order chi connectivity index (χ0) is 11.6. The second-order valence-electron chi connectivity index (χ2n) is 5.13. The number of carbonyl (C=O) groups excluding carboxylic acids is 2. The van der Waals surface area contributed by atoms with E-state index in [4.69, 9.17) is 0 Å². The first-order chi connectivity index (χ1) is 8.27. The maximum Gasteiger partial charge on any atom is 0.186 e. The molecule has 4 atom stereocenters. The van der Waals surface area contributed by atoms with Gasteiger partial charge in [-0.2, -0.15) is 0 Å². The van der Waals surface area contributed by atoms with Gasteiger partial charge in [0.05, 0.1) is 0 Å². The molecule has 0 amide bonds. The SMILES string of the molecule is Cl.O=C1c2cccnc2C(=O)C2C3C=CC(C3)C12. The Morgan fingerprint density at radius 3 is 2.44 bits per heavy atom. The number of hydrogen-bond acceptors (Lipinski definition) is 3. The van der Waals surface area contributed by atoms with Crippen LogP contribution in [0.25, 0.3) is 0 Å². The van der Waals surface area contributed by atoms with Gasteiger partial charge in [0, 0.05) is 23.6 Å². The molecule has 18 heavy (non-hydrogen) atoms. The molecule has 0 spiro atoms. The highest BCUT2D eigenvalue weighted by Gasteiger charge is 2.54. The smallest absolute Gasteiger partial charge is 0.186 e. The van der Waals surface area contributed by atoms with Gasteiger partial charge in [-0.3, -0.25) is 14.6 Å². The van der Waals surface area contributed by atoms with Crippen LogP contribution in [0.1, 0.15) is 27.3 Å². The van der Waals surface area contributed by atoms with Gasteiger partial charge in [-0.1, -0.05) is 12.2 Å². The van der Waals surface area contributed by atoms with E-state index in [1.165, 1.54) is 0 Å². The summed E-state index contributed by atoms with van der Waals surface area (Å²) in [5, 5.41) is 0. The first-order valence-corrected chi connectivity index (χ1v) is 5.99. The van der Waals surface area contributed by atoms with Gasteiger partial charge in [0.25, 0.3) is 0 Å². The number of ketones is 2. The third kappa shape index (κ3) is 1.23. The van der Waals surface area contributed by atoms with Crippen molar-refractivity contribution in [3.8, 4) is 0 Å². The third-order valence-electron chi connectivity index (χ3n) is 4.37. The zero-order valence-corrected chi connectivity index (χ0v) is 10.4. The number of Topliss-reactive ketones (excluding diaryl/α,β-unsaturated/α-hetero) is 2. The molecular weight excluding hydrogens is 250 g/mol. The van der Waals surface area contributed by atoms with Crippen LogP contribution >= 0.6 is 12.4 Å². The van der Waals surface area contributed by atoms with E-state index < -0.39 is 0 Å². The first-order valence-electron chi connectivity index (χ1n) is 5.99. The van der Waals surface area contributed by atoms with Crippen LogP contribution in [0, 0.1) is 23.7 Å². The second-order valence-corrected chi connectivity index (χ2v) is 5.13. The summed E-state index contributed by atoms with van der Waals surface area (Å²) in [6.45, 7) is 0. The highest BCUT2D eigenvalue weighted by Crippen LogP contribution is 2.52. The summed E-state index contributed by atoms with van der Waals surface area (Å²) in [6, 6.07) is 3.46. The predicted octanol–water partition coefficient (Wildman–Crippen LogP) is 2.32. The standard InChI is InChI=1S/C14H11NO2.ClH/c16-13-9-2-1-5-15-12(9)14(17)11-8-4-3-7(6-8)10(11)13;/h1-5,7-8,10-11H,6H2;1H. The van der Waals surface area contributed by atoms with Gasteiger partial charge in [0.2, 0.25) is 0 Å². The van der Waals surface area contributed by atoms with E-state index in [1.54, 1.807) is 18.3 Å². The van der Waals surface area contributed by atoms with Crippen LogP contribution in [0.15, 0.2) is 30.5 Å². The van der Waals surface area contributed by atoms with E-state index in [0.717, 1.165) is 6.42 Å². The lowest BCUT2D eigenvalue weighted by molar-refractivity contribution is 0.0716. The van der Waals surface area contributed by atoms with Crippen LogP contribution in [0.4, 0.5) is 0 Å². The lowest BCUT2D eigenvalue weighted by Crippen LogP contribution is -2.39. The van der Waals surface area contributed by atoms with Crippen LogP contribution in [0.3, 0.4) is 0 Å². The molecule has 3 aliphatic carbocycles. The maximum atomic E-state index is 12.4. The Balaban J connectivity index is 0.000001000. The molecular formula is C14H12ClNO2. The first kappa shape index (κ1) is 11.6. The Morgan fingerprint density at radius 1 is 1.06 bits per heavy atom. The molecule has 4 unspecified atom stereocenters. The summed E-state index contributed by atoms with van der Waals surface area (Å²) in [7, 11) is 0. The van der Waals surface area contributed by atoms with Crippen LogP contribution in [0.5, 0.6) is 0 Å². The Kier molecular flexibility index (Phi) is 2.42. The van der Waals surface area contributed by atoms with E-state index in [2.05, 4.69) is 17.1 Å². The second kappa shape index (κ2) is 3.75. The number of rotatable bonds is 0. The monoisotopic (exact) mass is 261 g/mol. The number of carbonyl (C=O) groups is 2. The van der Waals surface area contributed by atoms with Crippen molar-refractivity contribution in [2.24, 2.45) is 23.7 Å². The molecule has 0 saturated heterocycles. The van der Waals surface area contributed by atoms with Crippen LogP contribution in [-0.2, 0) is 0 Å². The van der Waals surface area contributed by atoms with E-state index in [0.29, 0.717) is 11.3 Å². The molecule has 0 aromatic carbocycles. The normalized spacial score (nSPS) is 35.1. The number of nitrogens with zero attached hydrogens (tertiary/aromatic N) is 1. The van der Waals surface area contributed by atoms with E-state index in [-0.39, 0.29) is 47.6 Å². The van der Waals surface area contributed by atoms with Crippen LogP contribution in [0.2, 0.25) is 0 Å². The van der Waals surface area contributed by atoms with Gasteiger partial charge >= 0.3 is 0 Å². The molecule has 4 heteroatoms. The summed E-state index contributed by atoms with van der Waals surface area (Å²) >= 11 is 0. The molecule has 1 heterocycles. The van der Waals surface area contributed by atoms with Crippen molar-refractivity contribution >= 4 is 24.0 Å². The van der Waals surface area contributed by atoms with Crippen LogP contribution in [-0.4, -0.2) is 16.6 Å².